The van der Waals surface area contributed by atoms with E-state index in [1.165, 1.54) is 11.1 Å². The molecule has 0 saturated carbocycles. The molecule has 0 amide bonds. The zero-order chi connectivity index (χ0) is 8.97. The minimum Gasteiger partial charge on any atom is -0.0955 e. The van der Waals surface area contributed by atoms with E-state index in [2.05, 4.69) is 24.8 Å². The summed E-state index contributed by atoms with van der Waals surface area (Å²) in [5.41, 5.74) is 3.59. The van der Waals surface area contributed by atoms with E-state index in [9.17, 15) is 0 Å². The van der Waals surface area contributed by atoms with Crippen molar-refractivity contribution in [3.63, 3.8) is 0 Å². The maximum absolute atomic E-state index is 3.93. The van der Waals surface area contributed by atoms with Crippen molar-refractivity contribution in [2.45, 2.75) is 13.8 Å². The molecule has 1 aromatic carbocycles. The van der Waals surface area contributed by atoms with Gasteiger partial charge in [0.05, 0.1) is 0 Å². The molecule has 0 aliphatic rings. The Bertz CT molecular complexity index is 291. The van der Waals surface area contributed by atoms with Gasteiger partial charge < -0.3 is 0 Å². The van der Waals surface area contributed by atoms with Crippen LogP contribution in [0.3, 0.4) is 0 Å². The van der Waals surface area contributed by atoms with Gasteiger partial charge in [-0.1, -0.05) is 48.6 Å². The lowest BCUT2D eigenvalue weighted by Crippen LogP contribution is -1.83. The lowest BCUT2D eigenvalue weighted by atomic mass is 10.0. The molecule has 0 N–H and O–H groups in total. The second-order valence-electron chi connectivity index (χ2n) is 2.85. The number of hydrogen-bond donors (Lipinski definition) is 0. The van der Waals surface area contributed by atoms with Crippen LogP contribution in [0.4, 0.5) is 0 Å². The average molecular weight is 158 g/mol. The summed E-state index contributed by atoms with van der Waals surface area (Å²) in [5, 5.41) is 0. The molecule has 0 heteroatoms. The summed E-state index contributed by atoms with van der Waals surface area (Å²) in [5.74, 6) is 0. The Morgan fingerprint density at radius 2 is 1.83 bits per heavy atom. The van der Waals surface area contributed by atoms with Crippen molar-refractivity contribution >= 4 is 5.57 Å². The van der Waals surface area contributed by atoms with E-state index in [0.717, 1.165) is 5.57 Å². The standard InChI is InChI=1S/C12H14/c1-4-12(10(2)3)11-8-6-5-7-9-11/h4-9H,2H2,1,3H3/b12-4+. The molecule has 0 atom stereocenters. The molecule has 0 aliphatic heterocycles. The SMILES string of the molecule is C=C(C)/C(=C\C)c1ccccc1. The van der Waals surface area contributed by atoms with Gasteiger partial charge in [0.25, 0.3) is 0 Å². The fraction of sp³-hybridized carbons (Fsp3) is 0.167. The van der Waals surface area contributed by atoms with Crippen molar-refractivity contribution in [1.82, 2.24) is 0 Å². The maximum Gasteiger partial charge on any atom is -0.0185 e. The van der Waals surface area contributed by atoms with Crippen LogP contribution in [0.25, 0.3) is 5.57 Å². The lowest BCUT2D eigenvalue weighted by Gasteiger charge is -2.05. The summed E-state index contributed by atoms with van der Waals surface area (Å²) in [6.45, 7) is 8.00. The third-order valence-corrected chi connectivity index (χ3v) is 1.83. The molecule has 0 nitrogen and oxygen atoms in total. The average Bonchev–Trinajstić information content (AvgIpc) is 2.07. The third kappa shape index (κ3) is 1.85. The Morgan fingerprint density at radius 1 is 1.25 bits per heavy atom. The molecule has 0 fully saturated rings. The Balaban J connectivity index is 3.05. The molecule has 0 radical (unpaired) electrons. The number of allylic oxidation sites excluding steroid dienone is 3. The molecule has 1 rings (SSSR count). The first kappa shape index (κ1) is 8.79. The van der Waals surface area contributed by atoms with Gasteiger partial charge in [-0.05, 0) is 25.0 Å². The highest BCUT2D eigenvalue weighted by atomic mass is 14.0. The van der Waals surface area contributed by atoms with E-state index in [-0.39, 0.29) is 0 Å². The fourth-order valence-electron chi connectivity index (χ4n) is 1.28. The molecule has 62 valence electrons. The number of rotatable bonds is 2. The zero-order valence-corrected chi connectivity index (χ0v) is 7.67. The van der Waals surface area contributed by atoms with Crippen LogP contribution in [-0.2, 0) is 0 Å². The van der Waals surface area contributed by atoms with Crippen LogP contribution in [0.5, 0.6) is 0 Å². The monoisotopic (exact) mass is 158 g/mol. The van der Waals surface area contributed by atoms with Crippen molar-refractivity contribution in [3.8, 4) is 0 Å². The summed E-state index contributed by atoms with van der Waals surface area (Å²) in [6.07, 6.45) is 2.09. The first-order valence-corrected chi connectivity index (χ1v) is 4.13. The normalized spacial score (nSPS) is 11.3. The lowest BCUT2D eigenvalue weighted by molar-refractivity contribution is 1.50. The molecule has 12 heavy (non-hydrogen) atoms. The van der Waals surface area contributed by atoms with Crippen molar-refractivity contribution < 1.29 is 0 Å². The smallest absolute Gasteiger partial charge is 0.0185 e. The van der Waals surface area contributed by atoms with Gasteiger partial charge in [0.15, 0.2) is 0 Å². The summed E-state index contributed by atoms with van der Waals surface area (Å²) in [6, 6.07) is 10.3. The largest absolute Gasteiger partial charge is 0.0955 e. The van der Waals surface area contributed by atoms with Crippen LogP contribution < -0.4 is 0 Å². The minimum absolute atomic E-state index is 1.11. The molecular formula is C12H14. The second-order valence-corrected chi connectivity index (χ2v) is 2.85. The predicted octanol–water partition coefficient (Wildman–Crippen LogP) is 3.67. The van der Waals surface area contributed by atoms with E-state index < -0.39 is 0 Å². The van der Waals surface area contributed by atoms with Crippen LogP contribution in [0.15, 0.2) is 48.6 Å². The number of benzene rings is 1. The van der Waals surface area contributed by atoms with Gasteiger partial charge in [-0.25, -0.2) is 0 Å². The quantitative estimate of drug-likeness (QED) is 0.576. The third-order valence-electron chi connectivity index (χ3n) is 1.83. The highest BCUT2D eigenvalue weighted by molar-refractivity contribution is 5.77. The van der Waals surface area contributed by atoms with Crippen molar-refractivity contribution in [2.24, 2.45) is 0 Å². The molecule has 0 saturated heterocycles. The van der Waals surface area contributed by atoms with Gasteiger partial charge in [-0.2, -0.15) is 0 Å². The molecule has 0 heterocycles. The number of hydrogen-bond acceptors (Lipinski definition) is 0. The van der Waals surface area contributed by atoms with E-state index in [1.54, 1.807) is 0 Å². The van der Waals surface area contributed by atoms with E-state index in [0.29, 0.717) is 0 Å². The van der Waals surface area contributed by atoms with Crippen LogP contribution in [0, 0.1) is 0 Å². The van der Waals surface area contributed by atoms with Gasteiger partial charge in [0.1, 0.15) is 0 Å². The van der Waals surface area contributed by atoms with Crippen LogP contribution in [0.2, 0.25) is 0 Å². The van der Waals surface area contributed by atoms with E-state index in [1.807, 2.05) is 32.0 Å². The summed E-state index contributed by atoms with van der Waals surface area (Å²) in [7, 11) is 0. The van der Waals surface area contributed by atoms with E-state index >= 15 is 0 Å². The Labute approximate surface area is 74.2 Å². The highest BCUT2D eigenvalue weighted by Gasteiger charge is 1.98. The van der Waals surface area contributed by atoms with Crippen molar-refractivity contribution in [1.29, 1.82) is 0 Å². The van der Waals surface area contributed by atoms with Gasteiger partial charge in [0.2, 0.25) is 0 Å². The molecule has 0 unspecified atom stereocenters. The van der Waals surface area contributed by atoms with Gasteiger partial charge >= 0.3 is 0 Å². The van der Waals surface area contributed by atoms with Crippen LogP contribution >= 0.6 is 0 Å². The first-order chi connectivity index (χ1) is 5.75. The van der Waals surface area contributed by atoms with E-state index in [4.69, 9.17) is 0 Å². The zero-order valence-electron chi connectivity index (χ0n) is 7.67. The minimum atomic E-state index is 1.11. The Kier molecular flexibility index (Phi) is 2.87. The fourth-order valence-corrected chi connectivity index (χ4v) is 1.28. The van der Waals surface area contributed by atoms with Gasteiger partial charge in [0, 0.05) is 0 Å². The Morgan fingerprint density at radius 3 is 2.25 bits per heavy atom. The molecule has 0 bridgehead atoms. The Hall–Kier alpha value is -1.30. The van der Waals surface area contributed by atoms with Crippen molar-refractivity contribution in [3.05, 3.63) is 54.1 Å². The molecule has 0 spiro atoms. The van der Waals surface area contributed by atoms with Crippen molar-refractivity contribution in [2.75, 3.05) is 0 Å². The summed E-state index contributed by atoms with van der Waals surface area (Å²) >= 11 is 0. The van der Waals surface area contributed by atoms with Crippen LogP contribution in [0.1, 0.15) is 19.4 Å². The molecule has 0 aromatic heterocycles. The second kappa shape index (κ2) is 3.91. The van der Waals surface area contributed by atoms with Gasteiger partial charge in [-0.3, -0.25) is 0 Å². The molecule has 0 aliphatic carbocycles. The van der Waals surface area contributed by atoms with Crippen LogP contribution in [-0.4, -0.2) is 0 Å². The first-order valence-electron chi connectivity index (χ1n) is 4.13. The summed E-state index contributed by atoms with van der Waals surface area (Å²) in [4.78, 5) is 0. The highest BCUT2D eigenvalue weighted by Crippen LogP contribution is 2.20. The molecular weight excluding hydrogens is 144 g/mol. The molecule has 1 aromatic rings. The summed E-state index contributed by atoms with van der Waals surface area (Å²) < 4.78 is 0. The maximum atomic E-state index is 3.93. The topological polar surface area (TPSA) is 0 Å². The van der Waals surface area contributed by atoms with Gasteiger partial charge in [-0.15, -0.1) is 0 Å². The predicted molar refractivity (Wildman–Crippen MR) is 54.9 cm³/mol.